The van der Waals surface area contributed by atoms with Gasteiger partial charge in [-0.15, -0.1) is 11.3 Å². The van der Waals surface area contributed by atoms with E-state index >= 15 is 0 Å². The molecule has 2 aliphatic heterocycles. The number of benzene rings is 2. The molecule has 0 radical (unpaired) electrons. The molecule has 32 heavy (non-hydrogen) atoms. The molecule has 3 aromatic rings. The van der Waals surface area contributed by atoms with E-state index in [-0.39, 0.29) is 5.91 Å². The number of rotatable bonds is 5. The highest BCUT2D eigenvalue weighted by atomic mass is 32.1. The van der Waals surface area contributed by atoms with Crippen LogP contribution in [0, 0.1) is 0 Å². The van der Waals surface area contributed by atoms with E-state index in [0.29, 0.717) is 18.2 Å². The fourth-order valence-corrected chi connectivity index (χ4v) is 5.62. The van der Waals surface area contributed by atoms with Crippen LogP contribution in [0.5, 0.6) is 0 Å². The van der Waals surface area contributed by atoms with Crippen molar-refractivity contribution in [3.8, 4) is 0 Å². The smallest absolute Gasteiger partial charge is 0.253 e. The van der Waals surface area contributed by atoms with Crippen molar-refractivity contribution >= 4 is 33.1 Å². The Morgan fingerprint density at radius 1 is 1.06 bits per heavy atom. The number of anilines is 1. The molecular formula is C25H30N4O2S. The molecule has 5 rings (SSSR count). The van der Waals surface area contributed by atoms with Crippen LogP contribution in [0.3, 0.4) is 0 Å². The summed E-state index contributed by atoms with van der Waals surface area (Å²) in [6, 6.07) is 16.8. The predicted octanol–water partition coefficient (Wildman–Crippen LogP) is 3.65. The van der Waals surface area contributed by atoms with E-state index in [1.165, 1.54) is 10.4 Å². The summed E-state index contributed by atoms with van der Waals surface area (Å²) < 4.78 is 1.25. The first-order chi connectivity index (χ1) is 15.7. The number of fused-ring (bicyclic) bond motifs is 1. The van der Waals surface area contributed by atoms with Gasteiger partial charge in [-0.05, 0) is 62.1 Å². The zero-order valence-electron chi connectivity index (χ0n) is 18.2. The van der Waals surface area contributed by atoms with Gasteiger partial charge in [0.25, 0.3) is 5.91 Å². The maximum atomic E-state index is 12.7. The monoisotopic (exact) mass is 450 g/mol. The van der Waals surface area contributed by atoms with Crippen LogP contribution in [-0.2, 0) is 6.54 Å². The van der Waals surface area contributed by atoms with Gasteiger partial charge in [0.05, 0.1) is 16.3 Å². The molecule has 1 amide bonds. The van der Waals surface area contributed by atoms with Crippen molar-refractivity contribution in [1.82, 2.24) is 15.2 Å². The van der Waals surface area contributed by atoms with Crippen molar-refractivity contribution in [3.05, 3.63) is 59.1 Å². The molecule has 6 nitrogen and oxygen atoms in total. The fraction of sp³-hybridized carbons (Fsp3) is 0.440. The molecule has 1 atom stereocenters. The molecule has 0 unspecified atom stereocenters. The lowest BCUT2D eigenvalue weighted by molar-refractivity contribution is 0.0474. The van der Waals surface area contributed by atoms with Gasteiger partial charge in [0.1, 0.15) is 5.01 Å². The Morgan fingerprint density at radius 3 is 2.59 bits per heavy atom. The summed E-state index contributed by atoms with van der Waals surface area (Å²) in [5, 5.41) is 14.7. The van der Waals surface area contributed by atoms with E-state index in [0.717, 1.165) is 62.4 Å². The number of likely N-dealkylation sites (tertiary alicyclic amines) is 1. The maximum absolute atomic E-state index is 12.7. The number of nitrogens with one attached hydrogen (secondary N) is 1. The summed E-state index contributed by atoms with van der Waals surface area (Å²) in [4.78, 5) is 21.6. The number of nitrogens with zero attached hydrogens (tertiary/aromatic N) is 3. The Hall–Kier alpha value is -2.48. The maximum Gasteiger partial charge on any atom is 0.253 e. The van der Waals surface area contributed by atoms with Crippen LogP contribution in [0.4, 0.5) is 5.69 Å². The van der Waals surface area contributed by atoms with Gasteiger partial charge < -0.3 is 20.2 Å². The first kappa shape index (κ1) is 21.4. The van der Waals surface area contributed by atoms with E-state index in [9.17, 15) is 9.90 Å². The number of piperidine rings is 2. The lowest BCUT2D eigenvalue weighted by Crippen LogP contribution is -2.42. The van der Waals surface area contributed by atoms with E-state index in [2.05, 4.69) is 40.5 Å². The average Bonchev–Trinajstić information content (AvgIpc) is 3.26. The number of hydrogen-bond acceptors (Lipinski definition) is 6. The zero-order chi connectivity index (χ0) is 21.9. The minimum Gasteiger partial charge on any atom is -0.391 e. The Labute approximate surface area is 192 Å². The third kappa shape index (κ3) is 4.80. The highest BCUT2D eigenvalue weighted by molar-refractivity contribution is 7.18. The Balaban J connectivity index is 1.12. The second-order valence-corrected chi connectivity index (χ2v) is 9.93. The molecule has 2 fully saturated rings. The largest absolute Gasteiger partial charge is 0.391 e. The van der Waals surface area contributed by atoms with Crippen molar-refractivity contribution in [2.75, 3.05) is 31.1 Å². The summed E-state index contributed by atoms with van der Waals surface area (Å²) in [5.74, 6) is 0.0213. The number of thiazole rings is 1. The minimum absolute atomic E-state index is 0.0213. The molecule has 168 valence electrons. The predicted molar refractivity (Wildman–Crippen MR) is 129 cm³/mol. The van der Waals surface area contributed by atoms with Crippen molar-refractivity contribution < 1.29 is 9.90 Å². The molecular weight excluding hydrogens is 420 g/mol. The van der Waals surface area contributed by atoms with Gasteiger partial charge in [0.15, 0.2) is 0 Å². The number of para-hydroxylation sites is 1. The molecule has 3 heterocycles. The molecule has 0 aliphatic carbocycles. The van der Waals surface area contributed by atoms with Gasteiger partial charge in [0.2, 0.25) is 0 Å². The highest BCUT2D eigenvalue weighted by Gasteiger charge is 2.24. The highest BCUT2D eigenvalue weighted by Crippen LogP contribution is 2.24. The van der Waals surface area contributed by atoms with Gasteiger partial charge in [-0.1, -0.05) is 12.1 Å². The summed E-state index contributed by atoms with van der Waals surface area (Å²) >= 11 is 1.77. The van der Waals surface area contributed by atoms with Gasteiger partial charge >= 0.3 is 0 Å². The lowest BCUT2D eigenvalue weighted by Gasteiger charge is -2.34. The van der Waals surface area contributed by atoms with Crippen LogP contribution < -0.4 is 10.2 Å². The van der Waals surface area contributed by atoms with E-state index in [1.54, 1.807) is 16.2 Å². The molecule has 2 aromatic carbocycles. The van der Waals surface area contributed by atoms with Crippen molar-refractivity contribution in [2.45, 2.75) is 44.4 Å². The van der Waals surface area contributed by atoms with E-state index in [1.807, 2.05) is 18.2 Å². The third-order valence-electron chi connectivity index (χ3n) is 6.54. The summed E-state index contributed by atoms with van der Waals surface area (Å²) in [5.41, 5.74) is 2.96. The first-order valence-electron chi connectivity index (χ1n) is 11.6. The van der Waals surface area contributed by atoms with Crippen LogP contribution >= 0.6 is 11.3 Å². The molecule has 7 heteroatoms. The summed E-state index contributed by atoms with van der Waals surface area (Å²) in [6.45, 7) is 4.01. The SMILES string of the molecule is O=C(c1ccc(N2CCC(NCc3nc4ccccc4s3)CC2)cc1)N1CCC[C@@H](O)C1. The van der Waals surface area contributed by atoms with Crippen molar-refractivity contribution in [2.24, 2.45) is 0 Å². The quantitative estimate of drug-likeness (QED) is 0.621. The minimum atomic E-state index is -0.392. The number of aromatic nitrogens is 1. The second-order valence-electron chi connectivity index (χ2n) is 8.81. The second kappa shape index (κ2) is 9.57. The molecule has 2 N–H and O–H groups in total. The summed E-state index contributed by atoms with van der Waals surface area (Å²) in [7, 11) is 0. The lowest BCUT2D eigenvalue weighted by atomic mass is 10.0. The van der Waals surface area contributed by atoms with Crippen LogP contribution in [0.15, 0.2) is 48.5 Å². The van der Waals surface area contributed by atoms with Crippen molar-refractivity contribution in [1.29, 1.82) is 0 Å². The Bertz CT molecular complexity index is 1030. The van der Waals surface area contributed by atoms with E-state index < -0.39 is 6.10 Å². The molecule has 2 saturated heterocycles. The van der Waals surface area contributed by atoms with Crippen LogP contribution in [0.1, 0.15) is 41.0 Å². The normalized spacial score (nSPS) is 20.1. The average molecular weight is 451 g/mol. The number of β-amino-alcohol motifs (C(OH)–C–C–N with tert-alkyl or cyclic N) is 1. The fourth-order valence-electron chi connectivity index (χ4n) is 4.71. The van der Waals surface area contributed by atoms with Crippen LogP contribution in [-0.4, -0.2) is 59.2 Å². The molecule has 1 aromatic heterocycles. The van der Waals surface area contributed by atoms with Gasteiger partial charge in [-0.25, -0.2) is 4.98 Å². The molecule has 0 saturated carbocycles. The van der Waals surface area contributed by atoms with Gasteiger partial charge in [-0.3, -0.25) is 4.79 Å². The standard InChI is InChI=1S/C25H30N4O2S/c30-21-4-3-13-29(17-21)25(31)18-7-9-20(10-8-18)28-14-11-19(12-15-28)26-16-24-27-22-5-1-2-6-23(22)32-24/h1-2,5-10,19,21,26,30H,3-4,11-17H2/t21-/m1/s1. The molecule has 0 bridgehead atoms. The molecule has 2 aliphatic rings. The number of aliphatic hydroxyl groups is 1. The molecule has 0 spiro atoms. The van der Waals surface area contributed by atoms with Gasteiger partial charge in [-0.2, -0.15) is 0 Å². The van der Waals surface area contributed by atoms with Crippen LogP contribution in [0.25, 0.3) is 10.2 Å². The zero-order valence-corrected chi connectivity index (χ0v) is 19.1. The number of aliphatic hydroxyl groups excluding tert-OH is 1. The number of amides is 1. The third-order valence-corrected chi connectivity index (χ3v) is 7.57. The summed E-state index contributed by atoms with van der Waals surface area (Å²) in [6.07, 6.45) is 3.45. The topological polar surface area (TPSA) is 68.7 Å². The number of hydrogen-bond donors (Lipinski definition) is 2. The van der Waals surface area contributed by atoms with E-state index in [4.69, 9.17) is 4.98 Å². The first-order valence-corrected chi connectivity index (χ1v) is 12.4. The number of carbonyl (C=O) groups excluding carboxylic acids is 1. The van der Waals surface area contributed by atoms with Gasteiger partial charge in [0, 0.05) is 50.0 Å². The number of carbonyl (C=O) groups is 1. The van der Waals surface area contributed by atoms with Crippen LogP contribution in [0.2, 0.25) is 0 Å². The Kier molecular flexibility index (Phi) is 6.39. The Morgan fingerprint density at radius 2 is 1.84 bits per heavy atom. The van der Waals surface area contributed by atoms with Crippen molar-refractivity contribution in [3.63, 3.8) is 0 Å².